The summed E-state index contributed by atoms with van der Waals surface area (Å²) in [5.41, 5.74) is 4.43. The fourth-order valence-corrected chi connectivity index (χ4v) is 6.21. The lowest BCUT2D eigenvalue weighted by Gasteiger charge is -2.30. The molecule has 1 aliphatic carbocycles. The van der Waals surface area contributed by atoms with E-state index in [0.29, 0.717) is 25.3 Å². The number of rotatable bonds is 7. The Balaban J connectivity index is 1.73. The standard InChI is InChI=1S/C14H26BN3O6S/c16-14(13(19)20)9-17(8-11(14)4-1-5-15(21)22)25(23,24)18-6-2-3-10-7-12(10)18/h10-12,21-22H,1-9,16H2,(H,19,20)/t10-,11+,12?,14+/m1/s1. The number of nitrogens with two attached hydrogens (primary N) is 1. The van der Waals surface area contributed by atoms with E-state index in [0.717, 1.165) is 19.3 Å². The molecule has 2 saturated heterocycles. The molecule has 0 aromatic rings. The van der Waals surface area contributed by atoms with Gasteiger partial charge in [0.15, 0.2) is 0 Å². The normalized spacial score (nSPS) is 36.2. The highest BCUT2D eigenvalue weighted by molar-refractivity contribution is 7.86. The van der Waals surface area contributed by atoms with Gasteiger partial charge >= 0.3 is 13.1 Å². The summed E-state index contributed by atoms with van der Waals surface area (Å²) in [6.45, 7) is 0.289. The van der Waals surface area contributed by atoms with Crippen LogP contribution < -0.4 is 5.73 Å². The van der Waals surface area contributed by atoms with E-state index in [1.807, 2.05) is 0 Å². The minimum atomic E-state index is -3.72. The molecule has 3 rings (SSSR count). The van der Waals surface area contributed by atoms with Crippen molar-refractivity contribution in [2.24, 2.45) is 17.6 Å². The Morgan fingerprint density at radius 3 is 2.72 bits per heavy atom. The van der Waals surface area contributed by atoms with Gasteiger partial charge in [-0.3, -0.25) is 4.79 Å². The van der Waals surface area contributed by atoms with Gasteiger partial charge < -0.3 is 20.9 Å². The predicted molar refractivity (Wildman–Crippen MR) is 90.6 cm³/mol. The zero-order valence-electron chi connectivity index (χ0n) is 14.1. The molecule has 0 radical (unpaired) electrons. The Morgan fingerprint density at radius 1 is 1.36 bits per heavy atom. The molecule has 5 N–H and O–H groups in total. The van der Waals surface area contributed by atoms with Crippen LogP contribution in [0.5, 0.6) is 0 Å². The third-order valence-corrected chi connectivity index (χ3v) is 7.81. The van der Waals surface area contributed by atoms with E-state index >= 15 is 0 Å². The molecule has 3 aliphatic rings. The molecule has 142 valence electrons. The van der Waals surface area contributed by atoms with Crippen molar-refractivity contribution in [1.82, 2.24) is 8.61 Å². The Hall–Kier alpha value is -0.715. The highest BCUT2D eigenvalue weighted by atomic mass is 32.2. The smallest absolute Gasteiger partial charge is 0.451 e. The van der Waals surface area contributed by atoms with Gasteiger partial charge in [0, 0.05) is 31.6 Å². The highest BCUT2D eigenvalue weighted by Gasteiger charge is 2.56. The summed E-state index contributed by atoms with van der Waals surface area (Å²) in [7, 11) is -5.18. The Kier molecular flexibility index (Phi) is 5.17. The number of carboxylic acids is 1. The van der Waals surface area contributed by atoms with Crippen molar-refractivity contribution in [2.45, 2.75) is 50.0 Å². The van der Waals surface area contributed by atoms with Gasteiger partial charge in [0.25, 0.3) is 10.2 Å². The molecule has 25 heavy (non-hydrogen) atoms. The molecule has 0 spiro atoms. The van der Waals surface area contributed by atoms with Crippen LogP contribution in [0.3, 0.4) is 0 Å². The summed E-state index contributed by atoms with van der Waals surface area (Å²) in [5.74, 6) is -1.34. The van der Waals surface area contributed by atoms with E-state index in [9.17, 15) is 18.3 Å². The first-order chi connectivity index (χ1) is 11.7. The average Bonchev–Trinajstić information content (AvgIpc) is 3.23. The predicted octanol–water partition coefficient (Wildman–Crippen LogP) is -1.32. The maximum Gasteiger partial charge on any atom is 0.451 e. The molecular weight excluding hydrogens is 349 g/mol. The molecule has 0 bridgehead atoms. The van der Waals surface area contributed by atoms with Crippen molar-refractivity contribution in [3.63, 3.8) is 0 Å². The number of fused-ring (bicyclic) bond motifs is 1. The second-order valence-electron chi connectivity index (χ2n) is 7.57. The van der Waals surface area contributed by atoms with Crippen LogP contribution in [0.1, 0.15) is 32.1 Å². The van der Waals surface area contributed by atoms with Crippen LogP contribution in [0, 0.1) is 11.8 Å². The van der Waals surface area contributed by atoms with Gasteiger partial charge in [-0.05, 0) is 37.9 Å². The summed E-state index contributed by atoms with van der Waals surface area (Å²) in [4.78, 5) is 11.7. The zero-order valence-corrected chi connectivity index (χ0v) is 14.9. The third kappa shape index (κ3) is 3.58. The summed E-state index contributed by atoms with van der Waals surface area (Å²) < 4.78 is 28.7. The first-order valence-corrected chi connectivity index (χ1v) is 10.2. The number of hydrogen-bond donors (Lipinski definition) is 4. The van der Waals surface area contributed by atoms with Crippen molar-refractivity contribution in [3.05, 3.63) is 0 Å². The third-order valence-electron chi connectivity index (χ3n) is 5.83. The molecule has 3 fully saturated rings. The molecule has 2 heterocycles. The molecular formula is C14H26BN3O6S. The molecule has 0 aromatic carbocycles. The van der Waals surface area contributed by atoms with Crippen LogP contribution >= 0.6 is 0 Å². The molecule has 1 unspecified atom stereocenters. The highest BCUT2D eigenvalue weighted by Crippen LogP contribution is 2.45. The Bertz CT molecular complexity index is 632. The van der Waals surface area contributed by atoms with Gasteiger partial charge in [-0.1, -0.05) is 6.42 Å². The average molecular weight is 375 g/mol. The van der Waals surface area contributed by atoms with E-state index in [-0.39, 0.29) is 25.5 Å². The summed E-state index contributed by atoms with van der Waals surface area (Å²) in [6.07, 6.45) is 3.58. The van der Waals surface area contributed by atoms with Crippen LogP contribution in [-0.4, -0.2) is 76.5 Å². The Morgan fingerprint density at radius 2 is 2.08 bits per heavy atom. The van der Waals surface area contributed by atoms with E-state index in [1.165, 1.54) is 8.61 Å². The number of nitrogens with zero attached hydrogens (tertiary/aromatic N) is 2. The number of carboxylic acid groups (broad SMARTS) is 1. The molecule has 1 saturated carbocycles. The van der Waals surface area contributed by atoms with Crippen LogP contribution in [0.25, 0.3) is 0 Å². The lowest BCUT2D eigenvalue weighted by atomic mass is 9.78. The lowest BCUT2D eigenvalue weighted by molar-refractivity contribution is -0.144. The minimum Gasteiger partial charge on any atom is -0.480 e. The molecule has 11 heteroatoms. The monoisotopic (exact) mass is 375 g/mol. The van der Waals surface area contributed by atoms with Crippen LogP contribution in [-0.2, 0) is 15.0 Å². The van der Waals surface area contributed by atoms with Gasteiger partial charge in [-0.15, -0.1) is 0 Å². The van der Waals surface area contributed by atoms with Gasteiger partial charge in [0.05, 0.1) is 0 Å². The number of aliphatic carboxylic acids is 1. The van der Waals surface area contributed by atoms with Crippen molar-refractivity contribution in [3.8, 4) is 0 Å². The van der Waals surface area contributed by atoms with Crippen molar-refractivity contribution < 1.29 is 28.4 Å². The lowest BCUT2D eigenvalue weighted by Crippen LogP contribution is -2.55. The number of hydrogen-bond acceptors (Lipinski definition) is 6. The van der Waals surface area contributed by atoms with Crippen molar-refractivity contribution in [1.29, 1.82) is 0 Å². The first-order valence-electron chi connectivity index (χ1n) is 8.81. The van der Waals surface area contributed by atoms with E-state index in [1.54, 1.807) is 0 Å². The summed E-state index contributed by atoms with van der Waals surface area (Å²) >= 11 is 0. The van der Waals surface area contributed by atoms with E-state index < -0.39 is 34.8 Å². The molecule has 9 nitrogen and oxygen atoms in total. The van der Waals surface area contributed by atoms with Crippen molar-refractivity contribution in [2.75, 3.05) is 19.6 Å². The van der Waals surface area contributed by atoms with Gasteiger partial charge in [0.1, 0.15) is 5.54 Å². The fourth-order valence-electron chi connectivity index (χ4n) is 4.21. The topological polar surface area (TPSA) is 144 Å². The number of piperidine rings is 1. The van der Waals surface area contributed by atoms with Crippen LogP contribution in [0.2, 0.25) is 6.32 Å². The zero-order chi connectivity index (χ0) is 18.4. The van der Waals surface area contributed by atoms with Crippen LogP contribution in [0.4, 0.5) is 0 Å². The maximum absolute atomic E-state index is 13.0. The molecule has 0 amide bonds. The number of carbonyl (C=O) groups is 1. The van der Waals surface area contributed by atoms with E-state index in [4.69, 9.17) is 15.8 Å². The molecule has 0 aromatic heterocycles. The SMILES string of the molecule is N[C@@]1(C(=O)O)CN(S(=O)(=O)N2CCC[C@@H]3CC32)C[C@@H]1CCCB(O)O. The summed E-state index contributed by atoms with van der Waals surface area (Å²) in [6, 6.07) is 0.0549. The van der Waals surface area contributed by atoms with Crippen LogP contribution in [0.15, 0.2) is 0 Å². The largest absolute Gasteiger partial charge is 0.480 e. The minimum absolute atomic E-state index is 0.0549. The second kappa shape index (κ2) is 6.78. The molecule has 2 aliphatic heterocycles. The maximum atomic E-state index is 13.0. The van der Waals surface area contributed by atoms with Crippen molar-refractivity contribution >= 4 is 23.3 Å². The van der Waals surface area contributed by atoms with E-state index in [2.05, 4.69) is 0 Å². The summed E-state index contributed by atoms with van der Waals surface area (Å²) in [5, 5.41) is 27.4. The Labute approximate surface area is 148 Å². The second-order valence-corrected chi connectivity index (χ2v) is 9.45. The van der Waals surface area contributed by atoms with Gasteiger partial charge in [-0.25, -0.2) is 0 Å². The quantitative estimate of drug-likeness (QED) is 0.404. The first kappa shape index (κ1) is 19.1. The van der Waals surface area contributed by atoms with Gasteiger partial charge in [-0.2, -0.15) is 17.0 Å². The van der Waals surface area contributed by atoms with Gasteiger partial charge in [0.2, 0.25) is 0 Å². The molecule has 4 atom stereocenters. The fraction of sp³-hybridized carbons (Fsp3) is 0.929.